The second-order valence-electron chi connectivity index (χ2n) is 3.38. The molecule has 18 heavy (non-hydrogen) atoms. The summed E-state index contributed by atoms with van der Waals surface area (Å²) in [6.45, 7) is 1.39. The lowest BCUT2D eigenvalue weighted by Gasteiger charge is -2.03. The maximum Gasteiger partial charge on any atom is 0.358 e. The Kier molecular flexibility index (Phi) is 3.00. The molecule has 0 spiro atoms. The van der Waals surface area contributed by atoms with E-state index in [-0.39, 0.29) is 12.2 Å². The summed E-state index contributed by atoms with van der Waals surface area (Å²) in [4.78, 5) is 10.7. The van der Waals surface area contributed by atoms with E-state index < -0.39 is 23.8 Å². The van der Waals surface area contributed by atoms with Crippen LogP contribution in [0.15, 0.2) is 4.63 Å². The van der Waals surface area contributed by atoms with Crippen molar-refractivity contribution in [1.82, 2.24) is 25.3 Å². The zero-order valence-electron chi connectivity index (χ0n) is 9.04. The molecule has 0 amide bonds. The van der Waals surface area contributed by atoms with Crippen LogP contribution in [-0.2, 0) is 6.54 Å². The summed E-state index contributed by atoms with van der Waals surface area (Å²) in [5.74, 6) is -1.56. The van der Waals surface area contributed by atoms with Crippen LogP contribution in [0, 0.1) is 6.92 Å². The second-order valence-corrected chi connectivity index (χ2v) is 3.38. The average Bonchev–Trinajstić information content (AvgIpc) is 2.86. The molecule has 0 saturated carbocycles. The number of carboxylic acid groups (broad SMARTS) is 1. The van der Waals surface area contributed by atoms with Crippen LogP contribution in [0.25, 0.3) is 0 Å². The number of nitrogens with zero attached hydrogens (tertiary/aromatic N) is 5. The molecule has 1 N–H and O–H groups in total. The first-order valence-electron chi connectivity index (χ1n) is 4.73. The first-order valence-corrected chi connectivity index (χ1v) is 4.73. The molecule has 0 aliphatic carbocycles. The standard InChI is InChI=1S/C8H7F2N5O3/c1-3-4(13-18-12-3)2-15-6(7(9)10)5(8(16)17)11-14-15/h7H,2H2,1H3,(H,16,17). The zero-order chi connectivity index (χ0) is 13.3. The van der Waals surface area contributed by atoms with Crippen LogP contribution in [0.5, 0.6) is 0 Å². The molecule has 10 heteroatoms. The summed E-state index contributed by atoms with van der Waals surface area (Å²) in [6, 6.07) is 0. The summed E-state index contributed by atoms with van der Waals surface area (Å²) in [6.07, 6.45) is -3.01. The quantitative estimate of drug-likeness (QED) is 0.858. The van der Waals surface area contributed by atoms with Gasteiger partial charge in [0, 0.05) is 0 Å². The number of hydrogen-bond acceptors (Lipinski definition) is 6. The molecule has 0 aliphatic rings. The molecule has 2 aromatic heterocycles. The van der Waals surface area contributed by atoms with E-state index in [9.17, 15) is 13.6 Å². The highest BCUT2D eigenvalue weighted by Gasteiger charge is 2.27. The van der Waals surface area contributed by atoms with Crippen LogP contribution in [-0.4, -0.2) is 36.4 Å². The highest BCUT2D eigenvalue weighted by molar-refractivity contribution is 5.86. The van der Waals surface area contributed by atoms with E-state index in [0.29, 0.717) is 5.69 Å². The lowest BCUT2D eigenvalue weighted by Crippen LogP contribution is -2.10. The molecule has 0 aliphatic heterocycles. The highest BCUT2D eigenvalue weighted by Crippen LogP contribution is 2.22. The van der Waals surface area contributed by atoms with E-state index in [4.69, 9.17) is 5.11 Å². The summed E-state index contributed by atoms with van der Waals surface area (Å²) >= 11 is 0. The van der Waals surface area contributed by atoms with Gasteiger partial charge in [0.1, 0.15) is 17.1 Å². The predicted octanol–water partition coefficient (Wildman–Crippen LogP) is 0.654. The molecule has 0 fully saturated rings. The molecule has 2 aromatic rings. The van der Waals surface area contributed by atoms with Crippen LogP contribution in [0.1, 0.15) is 34.0 Å². The van der Waals surface area contributed by atoms with Crippen LogP contribution >= 0.6 is 0 Å². The van der Waals surface area contributed by atoms with Crippen LogP contribution < -0.4 is 0 Å². The van der Waals surface area contributed by atoms with Gasteiger partial charge in [-0.3, -0.25) is 0 Å². The van der Waals surface area contributed by atoms with E-state index in [1.807, 2.05) is 0 Å². The Balaban J connectivity index is 2.40. The molecular weight excluding hydrogens is 252 g/mol. The minimum Gasteiger partial charge on any atom is -0.476 e. The van der Waals surface area contributed by atoms with E-state index in [1.165, 1.54) is 0 Å². The van der Waals surface area contributed by atoms with Crippen LogP contribution in [0.2, 0.25) is 0 Å². The van der Waals surface area contributed by atoms with Crippen molar-refractivity contribution in [3.63, 3.8) is 0 Å². The lowest BCUT2D eigenvalue weighted by atomic mass is 10.3. The minimum atomic E-state index is -3.01. The fourth-order valence-electron chi connectivity index (χ4n) is 1.34. The molecule has 0 radical (unpaired) electrons. The topological polar surface area (TPSA) is 107 Å². The van der Waals surface area contributed by atoms with Gasteiger partial charge in [-0.05, 0) is 6.92 Å². The van der Waals surface area contributed by atoms with Crippen molar-refractivity contribution in [3.05, 3.63) is 22.8 Å². The zero-order valence-corrected chi connectivity index (χ0v) is 9.04. The normalized spacial score (nSPS) is 11.1. The molecule has 0 aromatic carbocycles. The molecule has 2 heterocycles. The predicted molar refractivity (Wildman–Crippen MR) is 50.1 cm³/mol. The Morgan fingerprint density at radius 2 is 2.22 bits per heavy atom. The van der Waals surface area contributed by atoms with Crippen LogP contribution in [0.4, 0.5) is 8.78 Å². The largest absolute Gasteiger partial charge is 0.476 e. The van der Waals surface area contributed by atoms with Gasteiger partial charge in [-0.1, -0.05) is 15.5 Å². The Morgan fingerprint density at radius 3 is 2.72 bits per heavy atom. The van der Waals surface area contributed by atoms with Gasteiger partial charge in [-0.25, -0.2) is 22.9 Å². The van der Waals surface area contributed by atoms with Gasteiger partial charge in [-0.2, -0.15) is 0 Å². The molecule has 0 atom stereocenters. The number of aromatic carboxylic acids is 1. The van der Waals surface area contributed by atoms with Gasteiger partial charge < -0.3 is 5.11 Å². The van der Waals surface area contributed by atoms with Crippen molar-refractivity contribution in [2.75, 3.05) is 0 Å². The Morgan fingerprint density at radius 1 is 1.50 bits per heavy atom. The average molecular weight is 259 g/mol. The minimum absolute atomic E-state index is 0.185. The molecule has 0 saturated heterocycles. The van der Waals surface area contributed by atoms with Crippen molar-refractivity contribution >= 4 is 5.97 Å². The maximum absolute atomic E-state index is 12.8. The van der Waals surface area contributed by atoms with Crippen molar-refractivity contribution in [2.24, 2.45) is 0 Å². The number of carboxylic acids is 1. The van der Waals surface area contributed by atoms with Crippen molar-refractivity contribution in [1.29, 1.82) is 0 Å². The number of alkyl halides is 2. The molecule has 0 unspecified atom stereocenters. The summed E-state index contributed by atoms with van der Waals surface area (Å²) in [5.41, 5.74) is -0.870. The Bertz CT molecular complexity index is 579. The fourth-order valence-corrected chi connectivity index (χ4v) is 1.34. The Hall–Kier alpha value is -2.39. The van der Waals surface area contributed by atoms with E-state index >= 15 is 0 Å². The Labute approximate surface area is 98.2 Å². The van der Waals surface area contributed by atoms with Gasteiger partial charge in [0.15, 0.2) is 5.69 Å². The van der Waals surface area contributed by atoms with Gasteiger partial charge in [0.2, 0.25) is 0 Å². The fraction of sp³-hybridized carbons (Fsp3) is 0.375. The van der Waals surface area contributed by atoms with Crippen molar-refractivity contribution in [3.8, 4) is 0 Å². The third-order valence-electron chi connectivity index (χ3n) is 2.23. The summed E-state index contributed by atoms with van der Waals surface area (Å²) < 4.78 is 30.7. The third-order valence-corrected chi connectivity index (χ3v) is 2.23. The van der Waals surface area contributed by atoms with Gasteiger partial charge in [0.05, 0.1) is 6.54 Å². The first-order chi connectivity index (χ1) is 8.50. The van der Waals surface area contributed by atoms with E-state index in [1.54, 1.807) is 6.92 Å². The number of rotatable bonds is 4. The van der Waals surface area contributed by atoms with Crippen LogP contribution in [0.3, 0.4) is 0 Å². The smallest absolute Gasteiger partial charge is 0.358 e. The third kappa shape index (κ3) is 2.04. The SMILES string of the molecule is Cc1nonc1Cn1nnc(C(=O)O)c1C(F)F. The van der Waals surface area contributed by atoms with Gasteiger partial charge in [0.25, 0.3) is 6.43 Å². The van der Waals surface area contributed by atoms with E-state index in [0.717, 1.165) is 4.68 Å². The highest BCUT2D eigenvalue weighted by atomic mass is 19.3. The number of aromatic nitrogens is 5. The maximum atomic E-state index is 12.8. The molecular formula is C8H7F2N5O3. The first kappa shape index (κ1) is 12.1. The van der Waals surface area contributed by atoms with E-state index in [2.05, 4.69) is 25.3 Å². The number of halogens is 2. The number of carbonyl (C=O) groups is 1. The molecule has 0 bridgehead atoms. The molecule has 8 nitrogen and oxygen atoms in total. The monoisotopic (exact) mass is 259 g/mol. The lowest BCUT2D eigenvalue weighted by molar-refractivity contribution is 0.0675. The van der Waals surface area contributed by atoms with Crippen molar-refractivity contribution < 1.29 is 23.3 Å². The summed E-state index contributed by atoms with van der Waals surface area (Å²) in [5, 5.41) is 22.3. The van der Waals surface area contributed by atoms with Crippen molar-refractivity contribution in [2.45, 2.75) is 19.9 Å². The van der Waals surface area contributed by atoms with Gasteiger partial charge in [-0.15, -0.1) is 5.10 Å². The second kappa shape index (κ2) is 4.47. The van der Waals surface area contributed by atoms with Gasteiger partial charge >= 0.3 is 5.97 Å². The number of hydrogen-bond donors (Lipinski definition) is 1. The molecule has 96 valence electrons. The number of aryl methyl sites for hydroxylation is 1. The summed E-state index contributed by atoms with van der Waals surface area (Å²) in [7, 11) is 0. The molecule has 2 rings (SSSR count).